The van der Waals surface area contributed by atoms with Crippen molar-refractivity contribution < 1.29 is 4.74 Å². The molecule has 2 atom stereocenters. The molecular formula is C9H14O. The molecule has 0 fully saturated rings. The first-order chi connectivity index (χ1) is 4.61. The van der Waals surface area contributed by atoms with Crippen LogP contribution in [0.4, 0.5) is 0 Å². The fourth-order valence-corrected chi connectivity index (χ4v) is 1.34. The van der Waals surface area contributed by atoms with E-state index in [-0.39, 0.29) is 6.10 Å². The highest BCUT2D eigenvalue weighted by Crippen LogP contribution is 2.27. The van der Waals surface area contributed by atoms with Gasteiger partial charge in [0.2, 0.25) is 0 Å². The lowest BCUT2D eigenvalue weighted by atomic mass is 9.98. The normalized spacial score (nSPS) is 31.3. The lowest BCUT2D eigenvalue weighted by molar-refractivity contribution is 0.140. The topological polar surface area (TPSA) is 9.23 Å². The molecule has 1 aliphatic heterocycles. The molecule has 1 aliphatic rings. The Bertz CT molecular complexity index is 179. The number of hydrogen-bond acceptors (Lipinski definition) is 1. The number of rotatable bonds is 1. The molecule has 1 heteroatoms. The van der Waals surface area contributed by atoms with Crippen molar-refractivity contribution in [2.45, 2.75) is 26.9 Å². The summed E-state index contributed by atoms with van der Waals surface area (Å²) >= 11 is 0. The van der Waals surface area contributed by atoms with Crippen LogP contribution in [0.1, 0.15) is 20.8 Å². The van der Waals surface area contributed by atoms with Crippen LogP contribution in [0.3, 0.4) is 0 Å². The molecule has 0 saturated carbocycles. The molecule has 0 spiro atoms. The zero-order chi connectivity index (χ0) is 7.72. The van der Waals surface area contributed by atoms with Crippen LogP contribution in [0.15, 0.2) is 24.0 Å². The Morgan fingerprint density at radius 1 is 1.70 bits per heavy atom. The van der Waals surface area contributed by atoms with Crippen LogP contribution >= 0.6 is 0 Å². The summed E-state index contributed by atoms with van der Waals surface area (Å²) in [5.41, 5.74) is 1.18. The molecule has 0 N–H and O–H groups in total. The average Bonchev–Trinajstić information content (AvgIpc) is 2.10. The molecular weight excluding hydrogens is 124 g/mol. The maximum atomic E-state index is 5.44. The van der Waals surface area contributed by atoms with E-state index in [4.69, 9.17) is 4.74 Å². The largest absolute Gasteiger partial charge is 0.495 e. The summed E-state index contributed by atoms with van der Waals surface area (Å²) in [4.78, 5) is 0. The van der Waals surface area contributed by atoms with Gasteiger partial charge in [-0.25, -0.2) is 0 Å². The second-order valence-corrected chi connectivity index (χ2v) is 2.97. The molecule has 2 unspecified atom stereocenters. The second-order valence-electron chi connectivity index (χ2n) is 2.97. The lowest BCUT2D eigenvalue weighted by Crippen LogP contribution is -2.12. The molecule has 0 radical (unpaired) electrons. The fraction of sp³-hybridized carbons (Fsp3) is 0.556. The summed E-state index contributed by atoms with van der Waals surface area (Å²) in [7, 11) is 0. The SMILES string of the molecule is C=C(C)C1C=C(C)OC1C. The number of hydrogen-bond donors (Lipinski definition) is 0. The van der Waals surface area contributed by atoms with Gasteiger partial charge < -0.3 is 4.74 Å². The van der Waals surface area contributed by atoms with E-state index in [1.807, 2.05) is 13.8 Å². The lowest BCUT2D eigenvalue weighted by Gasteiger charge is -2.13. The molecule has 1 nitrogen and oxygen atoms in total. The average molecular weight is 138 g/mol. The molecule has 0 aliphatic carbocycles. The molecule has 0 aromatic heterocycles. The molecule has 0 bridgehead atoms. The summed E-state index contributed by atoms with van der Waals surface area (Å²) in [6, 6.07) is 0. The van der Waals surface area contributed by atoms with Crippen LogP contribution in [0, 0.1) is 5.92 Å². The van der Waals surface area contributed by atoms with Gasteiger partial charge in [-0.1, -0.05) is 12.2 Å². The van der Waals surface area contributed by atoms with Gasteiger partial charge in [-0.15, -0.1) is 0 Å². The Morgan fingerprint density at radius 2 is 2.30 bits per heavy atom. The van der Waals surface area contributed by atoms with E-state index in [1.165, 1.54) is 5.57 Å². The third-order valence-electron chi connectivity index (χ3n) is 1.86. The molecule has 56 valence electrons. The van der Waals surface area contributed by atoms with Crippen molar-refractivity contribution in [3.8, 4) is 0 Å². The Morgan fingerprint density at radius 3 is 2.50 bits per heavy atom. The van der Waals surface area contributed by atoms with Crippen molar-refractivity contribution in [1.29, 1.82) is 0 Å². The minimum absolute atomic E-state index is 0.289. The van der Waals surface area contributed by atoms with Gasteiger partial charge in [0.1, 0.15) is 6.10 Å². The first-order valence-electron chi connectivity index (χ1n) is 3.61. The smallest absolute Gasteiger partial charge is 0.105 e. The highest BCUT2D eigenvalue weighted by molar-refractivity contribution is 5.15. The molecule has 1 rings (SSSR count). The molecule has 0 aromatic rings. The standard InChI is InChI=1S/C9H14O/c1-6(2)9-5-7(3)10-8(9)4/h5,8-9H,1H2,2-4H3. The minimum Gasteiger partial charge on any atom is -0.495 e. The van der Waals surface area contributed by atoms with Crippen molar-refractivity contribution in [1.82, 2.24) is 0 Å². The third kappa shape index (κ3) is 1.23. The molecule has 0 saturated heterocycles. The zero-order valence-electron chi connectivity index (χ0n) is 6.85. The van der Waals surface area contributed by atoms with E-state index in [9.17, 15) is 0 Å². The van der Waals surface area contributed by atoms with Crippen molar-refractivity contribution in [3.05, 3.63) is 24.0 Å². The maximum Gasteiger partial charge on any atom is 0.105 e. The predicted octanol–water partition coefficient (Wildman–Crippen LogP) is 2.50. The fourth-order valence-electron chi connectivity index (χ4n) is 1.34. The summed E-state index contributed by atoms with van der Waals surface area (Å²) in [5.74, 6) is 1.46. The van der Waals surface area contributed by atoms with Crippen LogP contribution in [0.25, 0.3) is 0 Å². The van der Waals surface area contributed by atoms with Crippen molar-refractivity contribution in [2.75, 3.05) is 0 Å². The van der Waals surface area contributed by atoms with Gasteiger partial charge in [-0.05, 0) is 26.8 Å². The summed E-state index contributed by atoms with van der Waals surface area (Å²) in [6.07, 6.45) is 2.42. The van der Waals surface area contributed by atoms with Gasteiger partial charge in [0, 0.05) is 5.92 Å². The summed E-state index contributed by atoms with van der Waals surface area (Å²) in [5, 5.41) is 0. The highest BCUT2D eigenvalue weighted by atomic mass is 16.5. The Labute approximate surface area is 62.4 Å². The van der Waals surface area contributed by atoms with Crippen LogP contribution in [-0.4, -0.2) is 6.10 Å². The molecule has 1 heterocycles. The monoisotopic (exact) mass is 138 g/mol. The molecule has 10 heavy (non-hydrogen) atoms. The quantitative estimate of drug-likeness (QED) is 0.506. The first-order valence-corrected chi connectivity index (χ1v) is 3.61. The Hall–Kier alpha value is -0.720. The number of ether oxygens (including phenoxy) is 1. The van der Waals surface area contributed by atoms with Gasteiger partial charge >= 0.3 is 0 Å². The second kappa shape index (κ2) is 2.49. The number of allylic oxidation sites excluding steroid dienone is 1. The van der Waals surface area contributed by atoms with Gasteiger partial charge in [0.15, 0.2) is 0 Å². The van der Waals surface area contributed by atoms with E-state index in [1.54, 1.807) is 0 Å². The molecule has 0 aromatic carbocycles. The third-order valence-corrected chi connectivity index (χ3v) is 1.86. The summed E-state index contributed by atoms with van der Waals surface area (Å²) < 4.78 is 5.44. The van der Waals surface area contributed by atoms with Gasteiger partial charge in [0.05, 0.1) is 5.76 Å². The van der Waals surface area contributed by atoms with E-state index in [0.717, 1.165) is 5.76 Å². The summed E-state index contributed by atoms with van der Waals surface area (Å²) in [6.45, 7) is 10.0. The van der Waals surface area contributed by atoms with Crippen LogP contribution in [0.2, 0.25) is 0 Å². The van der Waals surface area contributed by atoms with E-state index < -0.39 is 0 Å². The van der Waals surface area contributed by atoms with Crippen molar-refractivity contribution >= 4 is 0 Å². The van der Waals surface area contributed by atoms with Gasteiger partial charge in [-0.2, -0.15) is 0 Å². The minimum atomic E-state index is 0.289. The van der Waals surface area contributed by atoms with Gasteiger partial charge in [0.25, 0.3) is 0 Å². The van der Waals surface area contributed by atoms with E-state index in [0.29, 0.717) is 5.92 Å². The highest BCUT2D eigenvalue weighted by Gasteiger charge is 2.23. The van der Waals surface area contributed by atoms with Crippen LogP contribution in [-0.2, 0) is 4.74 Å². The van der Waals surface area contributed by atoms with Crippen molar-refractivity contribution in [3.63, 3.8) is 0 Å². The van der Waals surface area contributed by atoms with Crippen LogP contribution < -0.4 is 0 Å². The van der Waals surface area contributed by atoms with Crippen molar-refractivity contribution in [2.24, 2.45) is 5.92 Å². The Kier molecular flexibility index (Phi) is 1.84. The van der Waals surface area contributed by atoms with Crippen LogP contribution in [0.5, 0.6) is 0 Å². The van der Waals surface area contributed by atoms with Gasteiger partial charge in [-0.3, -0.25) is 0 Å². The Balaban J connectivity index is 2.69. The zero-order valence-corrected chi connectivity index (χ0v) is 6.85. The van der Waals surface area contributed by atoms with E-state index >= 15 is 0 Å². The molecule has 0 amide bonds. The predicted molar refractivity (Wildman–Crippen MR) is 42.6 cm³/mol. The first kappa shape index (κ1) is 7.39. The maximum absolute atomic E-state index is 5.44. The van der Waals surface area contributed by atoms with E-state index in [2.05, 4.69) is 19.6 Å².